The van der Waals surface area contributed by atoms with Gasteiger partial charge in [0.1, 0.15) is 11.6 Å². The Kier molecular flexibility index (Phi) is 7.68. The lowest BCUT2D eigenvalue weighted by atomic mass is 10.0. The highest BCUT2D eigenvalue weighted by atomic mass is 32.2. The highest BCUT2D eigenvalue weighted by Gasteiger charge is 2.15. The number of aromatic nitrogens is 3. The van der Waals surface area contributed by atoms with Crippen LogP contribution in [0.2, 0.25) is 0 Å². The molecular weight excluding hydrogens is 396 g/mol. The number of allylic oxidation sites excluding steroid dienone is 1. The van der Waals surface area contributed by atoms with Gasteiger partial charge in [0.15, 0.2) is 5.16 Å². The third-order valence-electron chi connectivity index (χ3n) is 4.66. The minimum Gasteiger partial charge on any atom is -0.497 e. The van der Waals surface area contributed by atoms with Crippen molar-refractivity contribution in [3.8, 4) is 5.75 Å². The normalized spacial score (nSPS) is 10.6. The molecule has 0 unspecified atom stereocenters. The standard InChI is InChI=1S/C23H26N4O2S/c1-4-14-27-21(15-18-9-7-6-8-17(18)5-2)25-26-23(27)30-16-22(28)24-19-10-12-20(29-3)13-11-19/h4,6-13H,1,5,14-16H2,2-3H3,(H,24,28). The van der Waals surface area contributed by atoms with Crippen LogP contribution in [0.5, 0.6) is 5.75 Å². The molecule has 0 saturated heterocycles. The summed E-state index contributed by atoms with van der Waals surface area (Å²) >= 11 is 1.37. The maximum atomic E-state index is 12.3. The molecule has 1 heterocycles. The first-order valence-electron chi connectivity index (χ1n) is 9.81. The molecule has 30 heavy (non-hydrogen) atoms. The fourth-order valence-corrected chi connectivity index (χ4v) is 3.88. The highest BCUT2D eigenvalue weighted by Crippen LogP contribution is 2.21. The number of amides is 1. The Morgan fingerprint density at radius 3 is 2.57 bits per heavy atom. The summed E-state index contributed by atoms with van der Waals surface area (Å²) in [5.41, 5.74) is 3.27. The van der Waals surface area contributed by atoms with Crippen LogP contribution in [-0.4, -0.2) is 33.5 Å². The molecule has 0 aliphatic carbocycles. The quantitative estimate of drug-likeness (QED) is 0.388. The number of nitrogens with zero attached hydrogens (tertiary/aromatic N) is 3. The van der Waals surface area contributed by atoms with E-state index in [1.54, 1.807) is 7.11 Å². The van der Waals surface area contributed by atoms with E-state index in [-0.39, 0.29) is 11.7 Å². The molecule has 1 N–H and O–H groups in total. The first-order chi connectivity index (χ1) is 14.6. The summed E-state index contributed by atoms with van der Waals surface area (Å²) in [7, 11) is 1.61. The van der Waals surface area contributed by atoms with Gasteiger partial charge in [0.05, 0.1) is 12.9 Å². The van der Waals surface area contributed by atoms with E-state index >= 15 is 0 Å². The highest BCUT2D eigenvalue weighted by molar-refractivity contribution is 7.99. The van der Waals surface area contributed by atoms with Crippen molar-refractivity contribution >= 4 is 23.4 Å². The van der Waals surface area contributed by atoms with Crippen LogP contribution in [0.25, 0.3) is 0 Å². The number of benzene rings is 2. The van der Waals surface area contributed by atoms with Crippen LogP contribution in [0.3, 0.4) is 0 Å². The topological polar surface area (TPSA) is 69.0 Å². The van der Waals surface area contributed by atoms with E-state index in [1.165, 1.54) is 22.9 Å². The van der Waals surface area contributed by atoms with Crippen molar-refractivity contribution in [3.63, 3.8) is 0 Å². The molecule has 0 radical (unpaired) electrons. The maximum absolute atomic E-state index is 12.3. The minimum absolute atomic E-state index is 0.101. The number of thioether (sulfide) groups is 1. The van der Waals surface area contributed by atoms with Crippen molar-refractivity contribution in [1.82, 2.24) is 14.8 Å². The van der Waals surface area contributed by atoms with E-state index in [0.29, 0.717) is 18.1 Å². The smallest absolute Gasteiger partial charge is 0.234 e. The Morgan fingerprint density at radius 1 is 1.17 bits per heavy atom. The molecule has 7 heteroatoms. The van der Waals surface area contributed by atoms with Gasteiger partial charge in [0, 0.05) is 18.7 Å². The molecule has 1 amide bonds. The SMILES string of the molecule is C=CCn1c(Cc2ccccc2CC)nnc1SCC(=O)Nc1ccc(OC)cc1. The van der Waals surface area contributed by atoms with Crippen LogP contribution < -0.4 is 10.1 Å². The third-order valence-corrected chi connectivity index (χ3v) is 5.63. The molecule has 0 aliphatic heterocycles. The molecule has 0 spiro atoms. The van der Waals surface area contributed by atoms with Gasteiger partial charge >= 0.3 is 0 Å². The van der Waals surface area contributed by atoms with Gasteiger partial charge < -0.3 is 14.6 Å². The molecule has 3 rings (SSSR count). The van der Waals surface area contributed by atoms with Gasteiger partial charge in [-0.2, -0.15) is 0 Å². The number of carbonyl (C=O) groups is 1. The summed E-state index contributed by atoms with van der Waals surface area (Å²) in [6.45, 7) is 6.59. The van der Waals surface area contributed by atoms with Crippen LogP contribution in [0.1, 0.15) is 23.9 Å². The Bertz CT molecular complexity index is 999. The minimum atomic E-state index is -0.101. The average molecular weight is 423 g/mol. The molecule has 0 saturated carbocycles. The second kappa shape index (κ2) is 10.6. The molecule has 1 aromatic heterocycles. The molecule has 0 fully saturated rings. The van der Waals surface area contributed by atoms with Crippen molar-refractivity contribution in [2.75, 3.05) is 18.2 Å². The fraction of sp³-hybridized carbons (Fsp3) is 0.261. The van der Waals surface area contributed by atoms with Crippen LogP contribution >= 0.6 is 11.8 Å². The first-order valence-corrected chi connectivity index (χ1v) is 10.8. The average Bonchev–Trinajstić information content (AvgIpc) is 3.15. The van der Waals surface area contributed by atoms with Gasteiger partial charge in [-0.25, -0.2) is 0 Å². The zero-order valence-corrected chi connectivity index (χ0v) is 18.1. The molecule has 0 bridgehead atoms. The summed E-state index contributed by atoms with van der Waals surface area (Å²) < 4.78 is 7.15. The second-order valence-electron chi connectivity index (χ2n) is 6.66. The zero-order valence-electron chi connectivity index (χ0n) is 17.3. The van der Waals surface area contributed by atoms with Crippen molar-refractivity contribution in [3.05, 3.63) is 78.1 Å². The Morgan fingerprint density at radius 2 is 1.90 bits per heavy atom. The summed E-state index contributed by atoms with van der Waals surface area (Å²) in [5, 5.41) is 12.3. The van der Waals surface area contributed by atoms with Gasteiger partial charge in [-0.3, -0.25) is 4.79 Å². The van der Waals surface area contributed by atoms with Gasteiger partial charge in [-0.05, 0) is 41.8 Å². The number of ether oxygens (including phenoxy) is 1. The van der Waals surface area contributed by atoms with Crippen LogP contribution in [0.15, 0.2) is 66.3 Å². The van der Waals surface area contributed by atoms with Crippen LogP contribution in [-0.2, 0) is 24.2 Å². The van der Waals surface area contributed by atoms with Crippen LogP contribution in [0, 0.1) is 0 Å². The van der Waals surface area contributed by atoms with Gasteiger partial charge in [-0.15, -0.1) is 16.8 Å². The van der Waals surface area contributed by atoms with E-state index in [4.69, 9.17) is 4.74 Å². The van der Waals surface area contributed by atoms with E-state index in [9.17, 15) is 4.79 Å². The molecule has 156 valence electrons. The van der Waals surface area contributed by atoms with Crippen molar-refractivity contribution in [2.24, 2.45) is 0 Å². The fourth-order valence-electron chi connectivity index (χ4n) is 3.12. The lowest BCUT2D eigenvalue weighted by Gasteiger charge is -2.10. The van der Waals surface area contributed by atoms with Crippen molar-refractivity contribution < 1.29 is 9.53 Å². The van der Waals surface area contributed by atoms with Crippen LogP contribution in [0.4, 0.5) is 5.69 Å². The Balaban J connectivity index is 1.66. The monoisotopic (exact) mass is 422 g/mol. The maximum Gasteiger partial charge on any atom is 0.234 e. The zero-order chi connectivity index (χ0) is 21.3. The number of rotatable bonds is 10. The van der Waals surface area contributed by atoms with Crippen molar-refractivity contribution in [1.29, 1.82) is 0 Å². The molecular formula is C23H26N4O2S. The predicted molar refractivity (Wildman–Crippen MR) is 121 cm³/mol. The summed E-state index contributed by atoms with van der Waals surface area (Å²) in [5.74, 6) is 1.76. The number of nitrogens with one attached hydrogen (secondary N) is 1. The summed E-state index contributed by atoms with van der Waals surface area (Å²) in [4.78, 5) is 12.3. The third kappa shape index (κ3) is 5.51. The van der Waals surface area contributed by atoms with Gasteiger partial charge in [-0.1, -0.05) is 49.0 Å². The van der Waals surface area contributed by atoms with E-state index in [0.717, 1.165) is 23.7 Å². The number of methoxy groups -OCH3 is 1. The molecule has 6 nitrogen and oxygen atoms in total. The summed E-state index contributed by atoms with van der Waals surface area (Å²) in [6, 6.07) is 15.6. The largest absolute Gasteiger partial charge is 0.497 e. The van der Waals surface area contributed by atoms with Gasteiger partial charge in [0.25, 0.3) is 0 Å². The number of hydrogen-bond acceptors (Lipinski definition) is 5. The summed E-state index contributed by atoms with van der Waals surface area (Å²) in [6.07, 6.45) is 3.49. The lowest BCUT2D eigenvalue weighted by Crippen LogP contribution is -2.14. The lowest BCUT2D eigenvalue weighted by molar-refractivity contribution is -0.113. The molecule has 0 aliphatic rings. The Labute approximate surface area is 181 Å². The number of anilines is 1. The van der Waals surface area contributed by atoms with E-state index in [1.807, 2.05) is 41.0 Å². The number of aryl methyl sites for hydroxylation is 1. The van der Waals surface area contributed by atoms with Crippen molar-refractivity contribution in [2.45, 2.75) is 31.5 Å². The predicted octanol–water partition coefficient (Wildman–Crippen LogP) is 4.36. The number of carbonyl (C=O) groups excluding carboxylic acids is 1. The van der Waals surface area contributed by atoms with Gasteiger partial charge in [0.2, 0.25) is 5.91 Å². The molecule has 0 atom stereocenters. The molecule has 2 aromatic carbocycles. The molecule has 3 aromatic rings. The second-order valence-corrected chi connectivity index (χ2v) is 7.60. The van der Waals surface area contributed by atoms with E-state index in [2.05, 4.69) is 47.2 Å². The first kappa shape index (κ1) is 21.6. The van der Waals surface area contributed by atoms with E-state index < -0.39 is 0 Å². The number of hydrogen-bond donors (Lipinski definition) is 1. The Hall–Kier alpha value is -3.06.